The fraction of sp³-hybridized carbons (Fsp3) is 0.538. The Morgan fingerprint density at radius 2 is 1.47 bits per heavy atom. The van der Waals surface area contributed by atoms with Gasteiger partial charge in [0.15, 0.2) is 0 Å². The molecule has 96 valence electrons. The van der Waals surface area contributed by atoms with Crippen LogP contribution < -0.4 is 0 Å². The van der Waals surface area contributed by atoms with Gasteiger partial charge >= 0.3 is 88.4 Å². The summed E-state index contributed by atoms with van der Waals surface area (Å²) in [5.41, 5.74) is 4.54. The molecule has 1 aliphatic rings. The number of aliphatic hydroxyl groups excluding tert-OH is 1. The van der Waals surface area contributed by atoms with Gasteiger partial charge in [-0.1, -0.05) is 0 Å². The standard InChI is InChI=1S/C10H15.CH3O.2CO.Ru/c1-7-6-10(4,5)9(3)8(7)2;3*1-2;/h1-5H3;2H,1H2;;;. The smallest absolute Gasteiger partial charge is 0.281 e. The van der Waals surface area contributed by atoms with Crippen molar-refractivity contribution >= 4 is 13.6 Å². The summed E-state index contributed by atoms with van der Waals surface area (Å²) in [4.78, 5) is 15.0. The van der Waals surface area contributed by atoms with Crippen molar-refractivity contribution in [2.75, 3.05) is 5.20 Å². The van der Waals surface area contributed by atoms with Crippen LogP contribution >= 0.6 is 0 Å². The largest absolute Gasteiger partial charge is 0.281 e. The first kappa shape index (κ1) is 18.8. The van der Waals surface area contributed by atoms with Gasteiger partial charge < -0.3 is 0 Å². The van der Waals surface area contributed by atoms with Crippen molar-refractivity contribution in [1.82, 2.24) is 0 Å². The number of rotatable bonds is 2. The number of carbonyl (C=O) groups excluding carboxylic acids is 2. The molecule has 3 nitrogen and oxygen atoms in total. The minimum absolute atomic E-state index is 0.0117. The van der Waals surface area contributed by atoms with Gasteiger partial charge in [0.05, 0.1) is 0 Å². The Labute approximate surface area is 112 Å². The third kappa shape index (κ3) is 3.97. The van der Waals surface area contributed by atoms with Crippen LogP contribution in [0.15, 0.2) is 20.9 Å². The summed E-state index contributed by atoms with van der Waals surface area (Å²) in [7, 11) is 0. The Morgan fingerprint density at radius 1 is 1.06 bits per heavy atom. The van der Waals surface area contributed by atoms with Gasteiger partial charge in [-0.25, -0.2) is 0 Å². The van der Waals surface area contributed by atoms with Crippen molar-refractivity contribution in [2.45, 2.75) is 34.6 Å². The van der Waals surface area contributed by atoms with Crippen LogP contribution in [0.5, 0.6) is 0 Å². The van der Waals surface area contributed by atoms with Crippen LogP contribution in [-0.4, -0.2) is 23.9 Å². The van der Waals surface area contributed by atoms with Crippen LogP contribution in [0.2, 0.25) is 0 Å². The average Bonchev–Trinajstić information content (AvgIpc) is 2.50. The fourth-order valence-corrected chi connectivity index (χ4v) is 4.00. The Hall–Kier alpha value is -0.597. The molecular formula is C13H18O3Ru. The zero-order valence-corrected chi connectivity index (χ0v) is 12.6. The van der Waals surface area contributed by atoms with Crippen molar-refractivity contribution in [3.05, 3.63) is 20.9 Å². The summed E-state index contributed by atoms with van der Waals surface area (Å²) >= 11 is 0.0117. The monoisotopic (exact) mass is 324 g/mol. The molecule has 0 saturated heterocycles. The third-order valence-electron chi connectivity index (χ3n) is 3.10. The normalized spacial score (nSPS) is 17.3. The second-order valence-electron chi connectivity index (χ2n) is 4.04. The SMILES string of the molecule is CC1=C(C)C(C)(C)[C]([Ru][CH2]O)=C1C.[C]=O.[C]=O. The van der Waals surface area contributed by atoms with Crippen molar-refractivity contribution < 1.29 is 31.8 Å². The second kappa shape index (κ2) is 8.49. The Bertz CT molecular complexity index is 315. The van der Waals surface area contributed by atoms with Gasteiger partial charge in [0.1, 0.15) is 0 Å². The van der Waals surface area contributed by atoms with Gasteiger partial charge in [-0.2, -0.15) is 0 Å². The summed E-state index contributed by atoms with van der Waals surface area (Å²) in [6.07, 6.45) is 0. The summed E-state index contributed by atoms with van der Waals surface area (Å²) in [5.74, 6) is 0. The first-order valence-corrected chi connectivity index (χ1v) is 7.00. The van der Waals surface area contributed by atoms with Gasteiger partial charge in [-0.15, -0.1) is 0 Å². The Balaban J connectivity index is 0. The van der Waals surface area contributed by atoms with Crippen LogP contribution in [0.4, 0.5) is 0 Å². The first-order valence-electron chi connectivity index (χ1n) is 4.90. The molecule has 1 rings (SSSR count). The van der Waals surface area contributed by atoms with E-state index in [9.17, 15) is 0 Å². The molecule has 1 N–H and O–H groups in total. The molecule has 0 aromatic heterocycles. The molecule has 17 heavy (non-hydrogen) atoms. The number of allylic oxidation sites excluding steroid dienone is 4. The molecule has 4 heteroatoms. The van der Waals surface area contributed by atoms with E-state index >= 15 is 0 Å². The van der Waals surface area contributed by atoms with Crippen molar-refractivity contribution in [1.29, 1.82) is 0 Å². The van der Waals surface area contributed by atoms with E-state index in [2.05, 4.69) is 48.2 Å². The quantitative estimate of drug-likeness (QED) is 0.790. The van der Waals surface area contributed by atoms with Gasteiger partial charge in [-0.05, 0) is 0 Å². The van der Waals surface area contributed by atoms with Crippen molar-refractivity contribution in [2.24, 2.45) is 5.41 Å². The van der Waals surface area contributed by atoms with Crippen LogP contribution in [-0.2, 0) is 26.7 Å². The Morgan fingerprint density at radius 3 is 1.71 bits per heavy atom. The maximum absolute atomic E-state index is 9.04. The fourth-order valence-electron chi connectivity index (χ4n) is 1.84. The third-order valence-corrected chi connectivity index (χ3v) is 5.72. The van der Waals surface area contributed by atoms with E-state index in [1.54, 1.807) is 0 Å². The van der Waals surface area contributed by atoms with E-state index in [0.29, 0.717) is 5.20 Å². The molecule has 0 aromatic rings. The van der Waals surface area contributed by atoms with E-state index in [1.807, 2.05) is 0 Å². The van der Waals surface area contributed by atoms with Crippen LogP contribution in [0.1, 0.15) is 34.6 Å². The van der Waals surface area contributed by atoms with Crippen LogP contribution in [0.25, 0.3) is 0 Å². The van der Waals surface area contributed by atoms with Gasteiger partial charge in [0.2, 0.25) is 0 Å². The summed E-state index contributed by atoms with van der Waals surface area (Å²) in [6, 6.07) is 0. The molecule has 0 spiro atoms. The molecular weight excluding hydrogens is 305 g/mol. The van der Waals surface area contributed by atoms with Crippen molar-refractivity contribution in [3.8, 4) is 0 Å². The molecule has 4 radical (unpaired) electrons. The molecule has 0 saturated carbocycles. The van der Waals surface area contributed by atoms with E-state index < -0.39 is 0 Å². The van der Waals surface area contributed by atoms with Crippen LogP contribution in [0, 0.1) is 5.41 Å². The van der Waals surface area contributed by atoms with Crippen molar-refractivity contribution in [3.63, 3.8) is 0 Å². The van der Waals surface area contributed by atoms with Gasteiger partial charge in [-0.3, -0.25) is 9.59 Å². The summed E-state index contributed by atoms with van der Waals surface area (Å²) in [6.45, 7) is 20.1. The molecule has 0 aromatic carbocycles. The molecule has 0 unspecified atom stereocenters. The van der Waals surface area contributed by atoms with Gasteiger partial charge in [0.25, 0.3) is 13.6 Å². The van der Waals surface area contributed by atoms with E-state index in [1.165, 1.54) is 20.9 Å². The summed E-state index contributed by atoms with van der Waals surface area (Å²) in [5, 5.41) is 9.39. The maximum atomic E-state index is 9.04. The molecule has 0 heterocycles. The zero-order chi connectivity index (χ0) is 14.2. The van der Waals surface area contributed by atoms with Gasteiger partial charge in [0, 0.05) is 0 Å². The minimum Gasteiger partial charge on any atom is -0.281 e. The Kier molecular flexibility index (Phi) is 9.37. The minimum atomic E-state index is 0.0117. The van der Waals surface area contributed by atoms with Crippen LogP contribution in [0.3, 0.4) is 0 Å². The average molecular weight is 323 g/mol. The first-order chi connectivity index (χ1) is 7.92. The van der Waals surface area contributed by atoms with E-state index in [0.717, 1.165) is 0 Å². The zero-order valence-electron chi connectivity index (χ0n) is 10.8. The molecule has 0 fully saturated rings. The summed E-state index contributed by atoms with van der Waals surface area (Å²) < 4.78 is 1.50. The number of hydrogen-bond donors (Lipinski definition) is 1. The number of hydrogen-bond acceptors (Lipinski definition) is 3. The van der Waals surface area contributed by atoms with E-state index in [4.69, 9.17) is 14.7 Å². The predicted molar refractivity (Wildman–Crippen MR) is 63.3 cm³/mol. The molecule has 1 aliphatic carbocycles. The molecule has 0 bridgehead atoms. The molecule has 0 amide bonds. The predicted octanol–water partition coefficient (Wildman–Crippen LogP) is 1.87. The maximum Gasteiger partial charge on any atom is 0.281 e. The molecule has 0 atom stereocenters. The topological polar surface area (TPSA) is 54.4 Å². The molecule has 0 aliphatic heterocycles. The number of aliphatic hydroxyl groups is 1. The second-order valence-corrected chi connectivity index (χ2v) is 6.07. The van der Waals surface area contributed by atoms with E-state index in [-0.39, 0.29) is 22.5 Å².